The van der Waals surface area contributed by atoms with Crippen LogP contribution in [0.1, 0.15) is 49.9 Å². The van der Waals surface area contributed by atoms with Crippen LogP contribution in [0, 0.1) is 0 Å². The van der Waals surface area contributed by atoms with Gasteiger partial charge in [0.1, 0.15) is 0 Å². The van der Waals surface area contributed by atoms with E-state index >= 15 is 0 Å². The van der Waals surface area contributed by atoms with Gasteiger partial charge < -0.3 is 0 Å². The van der Waals surface area contributed by atoms with Crippen molar-refractivity contribution >= 4 is 21.5 Å². The lowest BCUT2D eigenvalue weighted by Crippen LogP contribution is -2.14. The van der Waals surface area contributed by atoms with Gasteiger partial charge in [0.05, 0.1) is 0 Å². The van der Waals surface area contributed by atoms with Crippen LogP contribution in [0.5, 0.6) is 0 Å². The van der Waals surface area contributed by atoms with Crippen LogP contribution < -0.4 is 0 Å². The highest BCUT2D eigenvalue weighted by atomic mass is 14.6. The molecule has 11 rings (SSSR count). The molecule has 1 nitrogen and oxygen atoms in total. The van der Waals surface area contributed by atoms with Crippen molar-refractivity contribution in [2.24, 2.45) is 0 Å². The molecule has 0 N–H and O–H groups in total. The second kappa shape index (κ2) is 12.0. The van der Waals surface area contributed by atoms with E-state index in [1.54, 1.807) is 0 Å². The third kappa shape index (κ3) is 4.70. The average molecular weight is 716 g/mol. The van der Waals surface area contributed by atoms with E-state index in [1.165, 1.54) is 105 Å². The highest BCUT2D eigenvalue weighted by Gasteiger charge is 2.36. The number of hydrogen-bond acceptors (Lipinski definition) is 1. The summed E-state index contributed by atoms with van der Waals surface area (Å²) in [5.74, 6) is 0. The predicted octanol–water partition coefficient (Wildman–Crippen LogP) is 14.7. The van der Waals surface area contributed by atoms with E-state index in [4.69, 9.17) is 4.98 Å². The van der Waals surface area contributed by atoms with Crippen molar-refractivity contribution in [2.45, 2.75) is 38.5 Å². The van der Waals surface area contributed by atoms with Crippen LogP contribution in [0.25, 0.3) is 88.3 Å². The van der Waals surface area contributed by atoms with Gasteiger partial charge in [-0.1, -0.05) is 161 Å². The molecule has 0 unspecified atom stereocenters. The van der Waals surface area contributed by atoms with Gasteiger partial charge in [-0.05, 0) is 136 Å². The summed E-state index contributed by atoms with van der Waals surface area (Å²) >= 11 is 0. The maximum Gasteiger partial charge on any atom is 0.0353 e. The summed E-state index contributed by atoms with van der Waals surface area (Å²) in [5.41, 5.74) is 20.7. The smallest absolute Gasteiger partial charge is 0.0353 e. The number of pyridine rings is 1. The minimum absolute atomic E-state index is 0.0466. The number of aromatic nitrogens is 1. The average Bonchev–Trinajstić information content (AvgIpc) is 3.61. The largest absolute Gasteiger partial charge is 0.264 e. The number of fused-ring (bicyclic) bond motifs is 8. The Morgan fingerprint density at radius 2 is 0.732 bits per heavy atom. The van der Waals surface area contributed by atoms with E-state index in [0.29, 0.717) is 0 Å². The first-order chi connectivity index (χ1) is 27.3. The Kier molecular flexibility index (Phi) is 7.01. The van der Waals surface area contributed by atoms with Crippen molar-refractivity contribution in [3.8, 4) is 66.8 Å². The molecular formula is C55H41N. The maximum absolute atomic E-state index is 4.73. The molecule has 0 radical (unpaired) electrons. The zero-order valence-electron chi connectivity index (χ0n) is 32.2. The fourth-order valence-electron chi connectivity index (χ4n) is 10.1. The molecule has 1 heteroatoms. The van der Waals surface area contributed by atoms with E-state index in [1.807, 2.05) is 6.20 Å². The van der Waals surface area contributed by atoms with E-state index in [-0.39, 0.29) is 10.8 Å². The Morgan fingerprint density at radius 1 is 0.321 bits per heavy atom. The van der Waals surface area contributed by atoms with Gasteiger partial charge >= 0.3 is 0 Å². The van der Waals surface area contributed by atoms with Crippen molar-refractivity contribution < 1.29 is 0 Å². The van der Waals surface area contributed by atoms with Crippen LogP contribution >= 0.6 is 0 Å². The molecule has 0 saturated carbocycles. The second-order valence-electron chi connectivity index (χ2n) is 16.7. The Bertz CT molecular complexity index is 2820. The lowest BCUT2D eigenvalue weighted by atomic mass is 9.81. The van der Waals surface area contributed by atoms with Gasteiger partial charge in [0, 0.05) is 28.6 Å². The molecule has 0 fully saturated rings. The Morgan fingerprint density at radius 3 is 1.27 bits per heavy atom. The molecule has 2 aliphatic rings. The third-order valence-corrected chi connectivity index (χ3v) is 13.0. The van der Waals surface area contributed by atoms with Crippen molar-refractivity contribution in [2.75, 3.05) is 0 Å². The molecular weight excluding hydrogens is 675 g/mol. The molecule has 9 aromatic rings. The van der Waals surface area contributed by atoms with Gasteiger partial charge in [0.2, 0.25) is 0 Å². The fourth-order valence-corrected chi connectivity index (χ4v) is 10.1. The van der Waals surface area contributed by atoms with Crippen LogP contribution in [-0.4, -0.2) is 4.98 Å². The number of benzene rings is 8. The van der Waals surface area contributed by atoms with Crippen LogP contribution in [0.4, 0.5) is 0 Å². The summed E-state index contributed by atoms with van der Waals surface area (Å²) < 4.78 is 0. The summed E-state index contributed by atoms with van der Waals surface area (Å²) in [5, 5.41) is 4.84. The summed E-state index contributed by atoms with van der Waals surface area (Å²) in [4.78, 5) is 4.73. The van der Waals surface area contributed by atoms with Gasteiger partial charge in [-0.3, -0.25) is 4.98 Å². The minimum Gasteiger partial charge on any atom is -0.264 e. The molecule has 0 amide bonds. The van der Waals surface area contributed by atoms with Crippen molar-refractivity contribution in [1.82, 2.24) is 4.98 Å². The first-order valence-electron chi connectivity index (χ1n) is 19.8. The second-order valence-corrected chi connectivity index (χ2v) is 16.7. The molecule has 0 spiro atoms. The Balaban J connectivity index is 1.05. The lowest BCUT2D eigenvalue weighted by Gasteiger charge is -2.22. The zero-order chi connectivity index (χ0) is 37.8. The highest BCUT2D eigenvalue weighted by molar-refractivity contribution is 6.21. The summed E-state index contributed by atoms with van der Waals surface area (Å²) in [6.07, 6.45) is 4.00. The summed E-state index contributed by atoms with van der Waals surface area (Å²) in [7, 11) is 0. The quantitative estimate of drug-likeness (QED) is 0.165. The van der Waals surface area contributed by atoms with Crippen molar-refractivity contribution in [3.05, 3.63) is 198 Å². The molecule has 0 saturated heterocycles. The van der Waals surface area contributed by atoms with Gasteiger partial charge in [-0.2, -0.15) is 0 Å². The maximum atomic E-state index is 4.73. The lowest BCUT2D eigenvalue weighted by molar-refractivity contribution is 0.660. The molecule has 56 heavy (non-hydrogen) atoms. The molecule has 266 valence electrons. The van der Waals surface area contributed by atoms with Crippen LogP contribution in [-0.2, 0) is 10.8 Å². The normalized spacial score (nSPS) is 14.4. The first-order valence-corrected chi connectivity index (χ1v) is 19.8. The molecule has 0 bridgehead atoms. The molecule has 1 aromatic heterocycles. The summed E-state index contributed by atoms with van der Waals surface area (Å²) in [6.45, 7) is 9.41. The topological polar surface area (TPSA) is 12.9 Å². The van der Waals surface area contributed by atoms with Crippen LogP contribution in [0.3, 0.4) is 0 Å². The predicted molar refractivity (Wildman–Crippen MR) is 236 cm³/mol. The zero-order valence-corrected chi connectivity index (χ0v) is 32.2. The molecule has 0 atom stereocenters. The van der Waals surface area contributed by atoms with Gasteiger partial charge in [-0.15, -0.1) is 0 Å². The van der Waals surface area contributed by atoms with Gasteiger partial charge in [-0.25, -0.2) is 0 Å². The van der Waals surface area contributed by atoms with E-state index < -0.39 is 0 Å². The molecule has 8 aromatic carbocycles. The van der Waals surface area contributed by atoms with Crippen molar-refractivity contribution in [3.63, 3.8) is 0 Å². The Hall–Kier alpha value is -6.57. The van der Waals surface area contributed by atoms with Gasteiger partial charge in [0.15, 0.2) is 0 Å². The van der Waals surface area contributed by atoms with E-state index in [9.17, 15) is 0 Å². The third-order valence-electron chi connectivity index (χ3n) is 13.0. The van der Waals surface area contributed by atoms with Crippen LogP contribution in [0.15, 0.2) is 176 Å². The number of hydrogen-bond donors (Lipinski definition) is 0. The number of rotatable bonds is 4. The SMILES string of the molecule is CC1(C)c2ccccc2-c2ccc(-c3cccc(-c4c5ccccc5c(-c5cccc(-c6ccc7c(c6)C(C)(C)c6ccccc6-7)c5)c5cnccc45)c3)cc21. The molecule has 0 aliphatic heterocycles. The highest BCUT2D eigenvalue weighted by Crippen LogP contribution is 2.52. The molecule has 2 aliphatic carbocycles. The van der Waals surface area contributed by atoms with Crippen molar-refractivity contribution in [1.29, 1.82) is 0 Å². The number of nitrogens with zero attached hydrogens (tertiary/aromatic N) is 1. The first kappa shape index (κ1) is 32.8. The standard InChI is InChI=1S/C55H41N/c1-54(2)48-21-9-7-17-40(48)42-25-23-36(31-50(42)54)34-13-11-15-38(29-34)52-44-19-5-6-20-45(44)53(47-33-56-28-27-46(47)52)39-16-12-14-35(30-39)37-24-26-43-41-18-8-10-22-49(41)55(3,4)51(43)32-37/h5-33H,1-4H3. The van der Waals surface area contributed by atoms with Crippen LogP contribution in [0.2, 0.25) is 0 Å². The summed E-state index contributed by atoms with van der Waals surface area (Å²) in [6, 6.07) is 61.2. The Labute approximate surface area is 329 Å². The van der Waals surface area contributed by atoms with E-state index in [0.717, 1.165) is 5.39 Å². The monoisotopic (exact) mass is 715 g/mol. The fraction of sp³-hybridized carbons (Fsp3) is 0.109. The minimum atomic E-state index is -0.0479. The van der Waals surface area contributed by atoms with E-state index in [2.05, 4.69) is 198 Å². The molecule has 1 heterocycles. The van der Waals surface area contributed by atoms with Gasteiger partial charge in [0.25, 0.3) is 0 Å².